The third-order valence-corrected chi connectivity index (χ3v) is 9.18. The summed E-state index contributed by atoms with van der Waals surface area (Å²) in [7, 11) is 0. The van der Waals surface area contributed by atoms with E-state index in [1.165, 1.54) is 36.6 Å². The number of piperazine rings is 1. The maximum Gasteiger partial charge on any atom is 0.355 e. The zero-order valence-electron chi connectivity index (χ0n) is 28.9. The highest BCUT2D eigenvalue weighted by Gasteiger charge is 2.42. The number of halogens is 2. The number of nitrogens with zero attached hydrogens (tertiary/aromatic N) is 6. The van der Waals surface area contributed by atoms with Crippen molar-refractivity contribution in [3.05, 3.63) is 64.7 Å². The summed E-state index contributed by atoms with van der Waals surface area (Å²) in [6.07, 6.45) is 0.502. The topological polar surface area (TPSA) is 146 Å². The molecule has 268 valence electrons. The molecule has 5 heterocycles. The Hall–Kier alpha value is -5.47. The molecule has 13 nitrogen and oxygen atoms in total. The number of pyridine rings is 1. The van der Waals surface area contributed by atoms with E-state index in [1.807, 2.05) is 20.8 Å². The predicted octanol–water partition coefficient (Wildman–Crippen LogP) is 4.13. The van der Waals surface area contributed by atoms with Crippen molar-refractivity contribution in [3.63, 3.8) is 0 Å². The minimum Gasteiger partial charge on any atom is -0.489 e. The molecule has 0 spiro atoms. The molecule has 3 aliphatic heterocycles. The van der Waals surface area contributed by atoms with E-state index >= 15 is 8.78 Å². The second kappa shape index (κ2) is 14.0. The first-order valence-corrected chi connectivity index (χ1v) is 16.6. The number of benzene rings is 1. The molecule has 3 aromatic rings. The van der Waals surface area contributed by atoms with Crippen molar-refractivity contribution < 1.29 is 37.4 Å². The first kappa shape index (κ1) is 35.4. The first-order valence-electron chi connectivity index (χ1n) is 16.6. The molecule has 1 aromatic carbocycles. The van der Waals surface area contributed by atoms with Crippen molar-refractivity contribution >= 4 is 46.6 Å². The van der Waals surface area contributed by atoms with Gasteiger partial charge < -0.3 is 24.0 Å². The van der Waals surface area contributed by atoms with Crippen molar-refractivity contribution in [2.24, 2.45) is 16.8 Å². The number of aliphatic imine (C=N–C) groups is 1. The van der Waals surface area contributed by atoms with E-state index in [0.717, 1.165) is 12.1 Å². The van der Waals surface area contributed by atoms with E-state index in [-0.39, 0.29) is 77.8 Å². The Bertz CT molecular complexity index is 2060. The number of rotatable bonds is 5. The quantitative estimate of drug-likeness (QED) is 0.281. The summed E-state index contributed by atoms with van der Waals surface area (Å²) < 4.78 is 51.0. The third-order valence-electron chi connectivity index (χ3n) is 9.18. The number of allylic oxidation sites excluding steroid dienone is 1. The lowest BCUT2D eigenvalue weighted by Gasteiger charge is -2.41. The van der Waals surface area contributed by atoms with Gasteiger partial charge in [-0.1, -0.05) is 26.5 Å². The highest BCUT2D eigenvalue weighted by Crippen LogP contribution is 2.41. The zero-order valence-corrected chi connectivity index (χ0v) is 28.9. The molecular weight excluding hydrogens is 666 g/mol. The molecule has 6 rings (SSSR count). The number of hydrogen-bond acceptors (Lipinski definition) is 11. The Labute approximate surface area is 292 Å². The SMILES string of the molecule is C=CC(=O)N1CCN(c2nc(=O)n3c4nc(c(F)cc24)-c2c(F)cccc2OCC(OC(C)=O)C(OC(C)=O)C2CC=NC(C(C)C)=C23)[C@@H](C)C1. The Morgan fingerprint density at radius 1 is 1.08 bits per heavy atom. The van der Waals surface area contributed by atoms with Crippen LogP contribution in [0.1, 0.15) is 41.0 Å². The lowest BCUT2D eigenvalue weighted by atomic mass is 9.86. The van der Waals surface area contributed by atoms with Gasteiger partial charge in [0.25, 0.3) is 0 Å². The van der Waals surface area contributed by atoms with Crippen LogP contribution in [0.15, 0.2) is 52.4 Å². The zero-order chi connectivity index (χ0) is 36.7. The molecular formula is C36H38F2N6O7. The third kappa shape index (κ3) is 6.59. The molecule has 2 aromatic heterocycles. The summed E-state index contributed by atoms with van der Waals surface area (Å²) in [5.74, 6) is -4.59. The predicted molar refractivity (Wildman–Crippen MR) is 184 cm³/mol. The molecule has 0 saturated carbocycles. The van der Waals surface area contributed by atoms with Crippen LogP contribution < -0.4 is 15.3 Å². The molecule has 2 bridgehead atoms. The average Bonchev–Trinajstić information content (AvgIpc) is 3.07. The molecule has 4 atom stereocenters. The van der Waals surface area contributed by atoms with Gasteiger partial charge in [-0.05, 0) is 43.5 Å². The van der Waals surface area contributed by atoms with Crippen molar-refractivity contribution in [1.82, 2.24) is 19.4 Å². The van der Waals surface area contributed by atoms with E-state index in [4.69, 9.17) is 14.2 Å². The van der Waals surface area contributed by atoms with E-state index in [1.54, 1.807) is 16.0 Å². The number of esters is 2. The van der Waals surface area contributed by atoms with Gasteiger partial charge in [0.15, 0.2) is 23.7 Å². The molecule has 3 aliphatic rings. The molecule has 0 aliphatic carbocycles. The van der Waals surface area contributed by atoms with Crippen LogP contribution >= 0.6 is 0 Å². The van der Waals surface area contributed by atoms with Crippen molar-refractivity contribution in [2.45, 2.75) is 59.3 Å². The van der Waals surface area contributed by atoms with Gasteiger partial charge in [0.1, 0.15) is 29.7 Å². The van der Waals surface area contributed by atoms with Gasteiger partial charge in [0, 0.05) is 51.7 Å². The molecule has 1 saturated heterocycles. The minimum atomic E-state index is -1.26. The Morgan fingerprint density at radius 3 is 2.49 bits per heavy atom. The number of carbonyl (C=O) groups is 3. The van der Waals surface area contributed by atoms with Crippen LogP contribution in [-0.4, -0.2) is 88.0 Å². The Kier molecular flexibility index (Phi) is 9.73. The van der Waals surface area contributed by atoms with E-state index < -0.39 is 59.7 Å². The second-order valence-electron chi connectivity index (χ2n) is 13.0. The fourth-order valence-electron chi connectivity index (χ4n) is 7.01. The number of fused-ring (bicyclic) bond motifs is 5. The van der Waals surface area contributed by atoms with Gasteiger partial charge in [-0.2, -0.15) is 4.98 Å². The summed E-state index contributed by atoms with van der Waals surface area (Å²) in [6.45, 7) is 11.9. The van der Waals surface area contributed by atoms with Crippen LogP contribution in [0.25, 0.3) is 28.0 Å². The monoisotopic (exact) mass is 704 g/mol. The minimum absolute atomic E-state index is 0.0613. The molecule has 15 heteroatoms. The first-order chi connectivity index (χ1) is 24.3. The Balaban J connectivity index is 1.71. The van der Waals surface area contributed by atoms with E-state index in [2.05, 4.69) is 21.5 Å². The number of aromatic nitrogens is 3. The van der Waals surface area contributed by atoms with Crippen LogP contribution in [0.3, 0.4) is 0 Å². The summed E-state index contributed by atoms with van der Waals surface area (Å²) in [4.78, 5) is 69.3. The van der Waals surface area contributed by atoms with E-state index in [0.29, 0.717) is 5.70 Å². The molecule has 0 radical (unpaired) electrons. The molecule has 3 unspecified atom stereocenters. The molecule has 51 heavy (non-hydrogen) atoms. The van der Waals surface area contributed by atoms with Crippen LogP contribution in [0.2, 0.25) is 0 Å². The van der Waals surface area contributed by atoms with Gasteiger partial charge in [-0.3, -0.25) is 19.4 Å². The summed E-state index contributed by atoms with van der Waals surface area (Å²) >= 11 is 0. The van der Waals surface area contributed by atoms with Gasteiger partial charge in [0.2, 0.25) is 5.91 Å². The molecule has 1 amide bonds. The van der Waals surface area contributed by atoms with Gasteiger partial charge in [-0.15, -0.1) is 0 Å². The van der Waals surface area contributed by atoms with Gasteiger partial charge in [0.05, 0.1) is 22.3 Å². The number of carbonyl (C=O) groups excluding carboxylic acids is 3. The largest absolute Gasteiger partial charge is 0.489 e. The highest BCUT2D eigenvalue weighted by molar-refractivity contribution is 5.93. The smallest absolute Gasteiger partial charge is 0.355 e. The fraction of sp³-hybridized carbons (Fsp3) is 0.417. The number of hydrogen-bond donors (Lipinski definition) is 0. The fourth-order valence-corrected chi connectivity index (χ4v) is 7.01. The lowest BCUT2D eigenvalue weighted by molar-refractivity contribution is -0.170. The van der Waals surface area contributed by atoms with Crippen LogP contribution in [-0.2, 0) is 23.9 Å². The number of anilines is 1. The average molecular weight is 705 g/mol. The van der Waals surface area contributed by atoms with Crippen LogP contribution in [0, 0.1) is 23.5 Å². The summed E-state index contributed by atoms with van der Waals surface area (Å²) in [5.41, 5.74) is -0.958. The van der Waals surface area contributed by atoms with Gasteiger partial charge >= 0.3 is 17.6 Å². The number of ether oxygens (including phenoxy) is 3. The maximum atomic E-state index is 16.4. The van der Waals surface area contributed by atoms with Crippen LogP contribution in [0.5, 0.6) is 5.75 Å². The maximum absolute atomic E-state index is 16.4. The highest BCUT2D eigenvalue weighted by atomic mass is 19.1. The number of amides is 1. The van der Waals surface area contributed by atoms with Crippen LogP contribution in [0.4, 0.5) is 14.6 Å². The molecule has 0 N–H and O–H groups in total. The van der Waals surface area contributed by atoms with Crippen molar-refractivity contribution in [1.29, 1.82) is 0 Å². The Morgan fingerprint density at radius 2 is 1.82 bits per heavy atom. The summed E-state index contributed by atoms with van der Waals surface area (Å²) in [5, 5.41) is 0.131. The normalized spacial score (nSPS) is 21.7. The lowest BCUT2D eigenvalue weighted by Crippen LogP contribution is -2.54. The van der Waals surface area contributed by atoms with Crippen molar-refractivity contribution in [2.75, 3.05) is 31.1 Å². The molecule has 1 fully saturated rings. The van der Waals surface area contributed by atoms with Crippen molar-refractivity contribution in [3.8, 4) is 17.0 Å². The van der Waals surface area contributed by atoms with E-state index in [9.17, 15) is 19.2 Å². The van der Waals surface area contributed by atoms with Gasteiger partial charge in [-0.25, -0.2) is 23.1 Å². The standard InChI is InChI=1S/C36H38F2N6O7/c1-7-28(47)42-13-14-43(19(4)16-42)34-23-15-25(38)31-29-24(37)9-8-10-26(29)49-17-27(50-20(5)45)33(51-21(6)46)22-11-12-39-30(18(2)3)32(22)44(35(23)40-31)36(48)41-34/h7-10,12,15,18-19,22,27,33H,1,11,13-14,16-17H2,2-6H3/t19-,22?,27?,33?/m0/s1. The summed E-state index contributed by atoms with van der Waals surface area (Å²) in [6, 6.07) is 4.70. The second-order valence-corrected chi connectivity index (χ2v) is 13.0.